The van der Waals surface area contributed by atoms with E-state index in [0.717, 1.165) is 45.5 Å². The first kappa shape index (κ1) is 83.1. The molecule has 0 N–H and O–H groups in total. The van der Waals surface area contributed by atoms with Crippen LogP contribution in [-0.4, -0.2) is 41.1 Å². The molecule has 0 aliphatic carbocycles. The van der Waals surface area contributed by atoms with Crippen molar-refractivity contribution in [2.75, 3.05) is 0 Å². The lowest BCUT2D eigenvalue weighted by molar-refractivity contribution is 1.14. The molecule has 0 saturated carbocycles. The van der Waals surface area contributed by atoms with E-state index in [1.807, 2.05) is 0 Å². The van der Waals surface area contributed by atoms with Gasteiger partial charge in [-0.05, 0) is 205 Å². The molecule has 9 aromatic heterocycles. The third-order valence-corrected chi connectivity index (χ3v) is 30.6. The number of aromatic nitrogens is 9. The SMILES string of the molecule is c1ccc(-n2c3ccccc3c3c(-c4cccc(-n5c6ccccc6c6ccccc65)c4)c4c(cc32)c2ccccc2n4-c2ccccc2)cc1.c1ccc(-n2c3ccccc3c3c(-n4c5ccccc5c5ccccc54)c4c(cc32)c2ccccc2n4-c2ccccc2)cc1.c1ccc(-n2c3ccccc3c3cc(-c4c5c6ccccc6n(-c6ccccc6)c5cc5c6ccccc6n(-c6ccccc6)c45)ccc32)cc1. The molecule has 0 fully saturated rings. The second-order valence-electron chi connectivity index (χ2n) is 38.4. The zero-order valence-electron chi connectivity index (χ0n) is 79.9. The molecular formula is C138H89N9. The molecule has 0 unspecified atom stereocenters. The number of nitrogens with zero attached hydrogens (tertiary/aromatic N) is 9. The smallest absolute Gasteiger partial charge is 0.0810 e. The van der Waals surface area contributed by atoms with Crippen LogP contribution >= 0.6 is 0 Å². The number of benzene rings is 23. The summed E-state index contributed by atoms with van der Waals surface area (Å²) in [6, 6.07) is 196. The lowest BCUT2D eigenvalue weighted by atomic mass is 9.94. The van der Waals surface area contributed by atoms with Crippen molar-refractivity contribution in [1.82, 2.24) is 41.1 Å². The molecule has 0 aliphatic rings. The molecule has 32 rings (SSSR count). The van der Waals surface area contributed by atoms with Crippen LogP contribution < -0.4 is 0 Å². The maximum Gasteiger partial charge on any atom is 0.0810 e. The predicted octanol–water partition coefficient (Wildman–Crippen LogP) is 36.3. The van der Waals surface area contributed by atoms with E-state index >= 15 is 0 Å². The molecular weight excluding hydrogens is 1780 g/mol. The van der Waals surface area contributed by atoms with Gasteiger partial charge in [-0.15, -0.1) is 0 Å². The van der Waals surface area contributed by atoms with Crippen LogP contribution in [0.15, 0.2) is 540 Å². The molecule has 9 nitrogen and oxygen atoms in total. The molecule has 32 aromatic rings. The molecule has 147 heavy (non-hydrogen) atoms. The van der Waals surface area contributed by atoms with E-state index in [1.165, 1.54) is 224 Å². The summed E-state index contributed by atoms with van der Waals surface area (Å²) < 4.78 is 22.1. The van der Waals surface area contributed by atoms with Crippen molar-refractivity contribution < 1.29 is 0 Å². The number of hydrogen-bond donors (Lipinski definition) is 0. The maximum atomic E-state index is 2.52. The normalized spacial score (nSPS) is 11.9. The number of fused-ring (bicyclic) bond motifs is 27. The molecule has 0 atom stereocenters. The highest BCUT2D eigenvalue weighted by Gasteiger charge is 2.32. The largest absolute Gasteiger partial charge is 0.309 e. The van der Waals surface area contributed by atoms with Gasteiger partial charge in [0, 0.05) is 154 Å². The van der Waals surface area contributed by atoms with Gasteiger partial charge in [0.15, 0.2) is 0 Å². The van der Waals surface area contributed by atoms with Gasteiger partial charge < -0.3 is 41.1 Å². The van der Waals surface area contributed by atoms with Crippen LogP contribution in [0.4, 0.5) is 0 Å². The Balaban J connectivity index is 0.000000102. The Morgan fingerprint density at radius 1 is 0.102 bits per heavy atom. The van der Waals surface area contributed by atoms with Crippen LogP contribution in [0.25, 0.3) is 270 Å². The second kappa shape index (κ2) is 33.5. The summed E-state index contributed by atoms with van der Waals surface area (Å²) in [4.78, 5) is 0. The highest BCUT2D eigenvalue weighted by Crippen LogP contribution is 2.53. The molecule has 23 aromatic carbocycles. The third kappa shape index (κ3) is 12.7. The Morgan fingerprint density at radius 3 is 0.633 bits per heavy atom. The Morgan fingerprint density at radius 2 is 0.306 bits per heavy atom. The van der Waals surface area contributed by atoms with Gasteiger partial charge in [0.1, 0.15) is 0 Å². The zero-order chi connectivity index (χ0) is 96.4. The van der Waals surface area contributed by atoms with Crippen molar-refractivity contribution in [3.63, 3.8) is 0 Å². The summed E-state index contributed by atoms with van der Waals surface area (Å²) in [5.74, 6) is 0. The van der Waals surface area contributed by atoms with Crippen molar-refractivity contribution in [3.8, 4) is 73.4 Å². The first-order valence-electron chi connectivity index (χ1n) is 50.6. The standard InChI is InChI=1S/2C48H31N3.C42H27N3/c1-4-16-33(17-5-1)49-41-25-13-10-22-36(41)39-30-32(28-29-44(39)49)46-47-38-24-12-15-27-43(38)50(34-18-6-2-7-19-34)45(47)31-40-37-23-11-14-26-42(37)51(48(40)46)35-20-8-3-9-21-35;1-3-17-33(18-4-1)49-44-29-14-10-25-39(44)47-45(49)31-40-38-24-9-13-28-43(38)51(34-19-5-2-6-20-34)48(40)46(47)32-16-15-21-35(30-32)50-41-26-11-7-22-36(41)37-23-8-12-27-42(37)50;1-3-15-28(16-4-1)43-38-26-14-10-22-33(38)40-39(43)27-34-32-21-9-11-23-35(32)44(29-17-5-2-6-18-29)41(34)42(40)45-36-24-12-7-19-30(36)31-20-8-13-25-37(31)45/h2*1-31H;1-27H. The van der Waals surface area contributed by atoms with Gasteiger partial charge >= 0.3 is 0 Å². The van der Waals surface area contributed by atoms with E-state index in [9.17, 15) is 0 Å². The minimum atomic E-state index is 1.14. The molecule has 0 bridgehead atoms. The molecule has 9 heteroatoms. The molecule has 686 valence electrons. The van der Waals surface area contributed by atoms with Gasteiger partial charge in [-0.3, -0.25) is 0 Å². The lowest BCUT2D eigenvalue weighted by Gasteiger charge is -2.17. The Kier molecular flexibility index (Phi) is 18.9. The highest BCUT2D eigenvalue weighted by molar-refractivity contribution is 6.31. The van der Waals surface area contributed by atoms with Gasteiger partial charge in [0.25, 0.3) is 0 Å². The van der Waals surface area contributed by atoms with Gasteiger partial charge in [-0.2, -0.15) is 0 Å². The van der Waals surface area contributed by atoms with Gasteiger partial charge in [-0.25, -0.2) is 0 Å². The van der Waals surface area contributed by atoms with Gasteiger partial charge in [-0.1, -0.05) is 346 Å². The van der Waals surface area contributed by atoms with E-state index in [0.29, 0.717) is 0 Å². The first-order valence-corrected chi connectivity index (χ1v) is 50.6. The molecule has 9 heterocycles. The molecule has 0 amide bonds. The fourth-order valence-corrected chi connectivity index (χ4v) is 24.7. The fraction of sp³-hybridized carbons (Fsp3) is 0. The van der Waals surface area contributed by atoms with E-state index in [2.05, 4.69) is 581 Å². The average molecular weight is 1870 g/mol. The molecule has 0 aliphatic heterocycles. The van der Waals surface area contributed by atoms with Gasteiger partial charge in [0.2, 0.25) is 0 Å². The van der Waals surface area contributed by atoms with Crippen molar-refractivity contribution in [2.45, 2.75) is 0 Å². The Bertz CT molecular complexity index is 10800. The lowest BCUT2D eigenvalue weighted by Crippen LogP contribution is -2.02. The number of hydrogen-bond acceptors (Lipinski definition) is 0. The summed E-state index contributed by atoms with van der Waals surface area (Å²) in [5, 5.41) is 22.4. The summed E-state index contributed by atoms with van der Waals surface area (Å²) in [6.07, 6.45) is 0. The van der Waals surface area contributed by atoms with Gasteiger partial charge in [0.05, 0.1) is 105 Å². The summed E-state index contributed by atoms with van der Waals surface area (Å²) >= 11 is 0. The van der Waals surface area contributed by atoms with Crippen LogP contribution in [0.3, 0.4) is 0 Å². The van der Waals surface area contributed by atoms with Crippen molar-refractivity contribution in [3.05, 3.63) is 540 Å². The van der Waals surface area contributed by atoms with E-state index in [4.69, 9.17) is 0 Å². The monoisotopic (exact) mass is 1870 g/mol. The topological polar surface area (TPSA) is 44.4 Å². The second-order valence-corrected chi connectivity index (χ2v) is 38.4. The minimum Gasteiger partial charge on any atom is -0.309 e. The minimum absolute atomic E-state index is 1.14. The molecule has 0 spiro atoms. The maximum absolute atomic E-state index is 2.52. The van der Waals surface area contributed by atoms with E-state index in [1.54, 1.807) is 0 Å². The third-order valence-electron chi connectivity index (χ3n) is 30.6. The first-order chi connectivity index (χ1) is 73.1. The Hall–Kier alpha value is -19.7. The Labute approximate surface area is 844 Å². The van der Waals surface area contributed by atoms with Crippen LogP contribution in [0.2, 0.25) is 0 Å². The zero-order valence-corrected chi connectivity index (χ0v) is 79.9. The highest BCUT2D eigenvalue weighted by atomic mass is 15.1. The molecule has 0 radical (unpaired) electrons. The van der Waals surface area contributed by atoms with Crippen molar-refractivity contribution in [1.29, 1.82) is 0 Å². The van der Waals surface area contributed by atoms with Crippen LogP contribution in [0, 0.1) is 0 Å². The van der Waals surface area contributed by atoms with Crippen LogP contribution in [0.1, 0.15) is 0 Å². The summed E-state index contributed by atoms with van der Waals surface area (Å²) in [5.41, 5.74) is 36.9. The average Bonchev–Trinajstić information content (AvgIpc) is 1.53. The van der Waals surface area contributed by atoms with Crippen LogP contribution in [-0.2, 0) is 0 Å². The van der Waals surface area contributed by atoms with E-state index < -0.39 is 0 Å². The van der Waals surface area contributed by atoms with E-state index in [-0.39, 0.29) is 0 Å². The quantitative estimate of drug-likeness (QED) is 0.124. The molecule has 0 saturated heterocycles. The summed E-state index contributed by atoms with van der Waals surface area (Å²) in [7, 11) is 0. The van der Waals surface area contributed by atoms with Crippen molar-refractivity contribution in [2.24, 2.45) is 0 Å². The number of rotatable bonds is 11. The number of para-hydroxylation sites is 18. The summed E-state index contributed by atoms with van der Waals surface area (Å²) in [6.45, 7) is 0. The van der Waals surface area contributed by atoms with Crippen molar-refractivity contribution >= 4 is 196 Å². The predicted molar refractivity (Wildman–Crippen MR) is 619 cm³/mol. The van der Waals surface area contributed by atoms with Crippen LogP contribution in [0.5, 0.6) is 0 Å². The fourth-order valence-electron chi connectivity index (χ4n) is 24.7.